The Morgan fingerprint density at radius 3 is 2.50 bits per heavy atom. The number of anilines is 1. The summed E-state index contributed by atoms with van der Waals surface area (Å²) in [5.41, 5.74) is -0.0181. The molecule has 2 amide bonds. The van der Waals surface area contributed by atoms with Crippen molar-refractivity contribution in [3.8, 4) is 0 Å². The lowest BCUT2D eigenvalue weighted by Gasteiger charge is -2.21. The Morgan fingerprint density at radius 2 is 1.91 bits per heavy atom. The van der Waals surface area contributed by atoms with Crippen molar-refractivity contribution in [2.45, 2.75) is 19.1 Å². The topological polar surface area (TPSA) is 74.2 Å². The lowest BCUT2D eigenvalue weighted by atomic mass is 10.0. The molecule has 0 bridgehead atoms. The minimum Gasteiger partial charge on any atom is -0.386 e. The summed E-state index contributed by atoms with van der Waals surface area (Å²) in [6.45, 7) is 1.44. The molecule has 0 aliphatic rings. The second-order valence-corrected chi connectivity index (χ2v) is 4.71. The number of aliphatic hydroxyl groups is 1. The highest BCUT2D eigenvalue weighted by molar-refractivity contribution is 5.89. The predicted molar refractivity (Wildman–Crippen MR) is 77.2 cm³/mol. The summed E-state index contributed by atoms with van der Waals surface area (Å²) in [5.74, 6) is -1.73. The van der Waals surface area contributed by atoms with E-state index in [1.54, 1.807) is 18.3 Å². The number of carbonyl (C=O) groups is 1. The molecule has 5 nitrogen and oxygen atoms in total. The number of aromatic nitrogens is 1. The van der Waals surface area contributed by atoms with Gasteiger partial charge in [-0.15, -0.1) is 0 Å². The quantitative estimate of drug-likeness (QED) is 0.813. The van der Waals surface area contributed by atoms with E-state index >= 15 is 0 Å². The molecule has 0 radical (unpaired) electrons. The summed E-state index contributed by atoms with van der Waals surface area (Å²) in [5, 5.41) is 14.9. The minimum absolute atomic E-state index is 0.457. The molecule has 116 valence electrons. The van der Waals surface area contributed by atoms with E-state index in [1.165, 1.54) is 19.2 Å². The van der Waals surface area contributed by atoms with Crippen LogP contribution in [0.3, 0.4) is 0 Å². The van der Waals surface area contributed by atoms with E-state index in [0.717, 1.165) is 12.1 Å². The first-order chi connectivity index (χ1) is 10.5. The second-order valence-electron chi connectivity index (χ2n) is 4.71. The van der Waals surface area contributed by atoms with Crippen LogP contribution in [0, 0.1) is 11.6 Å². The summed E-state index contributed by atoms with van der Waals surface area (Å²) in [4.78, 5) is 15.6. The van der Waals surface area contributed by atoms with E-state index in [4.69, 9.17) is 0 Å². The van der Waals surface area contributed by atoms with Crippen molar-refractivity contribution < 1.29 is 18.7 Å². The van der Waals surface area contributed by atoms with Crippen LogP contribution >= 0.6 is 0 Å². The third-order valence-electron chi connectivity index (χ3n) is 3.05. The molecule has 0 spiro atoms. The molecule has 0 aliphatic carbocycles. The standard InChI is InChI=1S/C15H15F2N3O2/c1-9(14(21)13-11(16)5-2-6-12(13)17)19-15(22)20-10-4-3-7-18-8-10/h2-9,14,21H,1H3,(H2,19,20,22)/t9-,14-/m0/s1. The average Bonchev–Trinajstić information content (AvgIpc) is 2.47. The van der Waals surface area contributed by atoms with Gasteiger partial charge in [-0.05, 0) is 31.2 Å². The second kappa shape index (κ2) is 6.95. The number of nitrogens with one attached hydrogen (secondary N) is 2. The molecule has 3 N–H and O–H groups in total. The zero-order chi connectivity index (χ0) is 16.1. The Kier molecular flexibility index (Phi) is 5.00. The zero-order valence-electron chi connectivity index (χ0n) is 11.8. The zero-order valence-corrected chi connectivity index (χ0v) is 11.8. The number of rotatable bonds is 4. The number of urea groups is 1. The smallest absolute Gasteiger partial charge is 0.319 e. The van der Waals surface area contributed by atoms with Gasteiger partial charge in [-0.3, -0.25) is 4.98 Å². The van der Waals surface area contributed by atoms with Crippen LogP contribution in [0.1, 0.15) is 18.6 Å². The predicted octanol–water partition coefficient (Wildman–Crippen LogP) is 2.60. The van der Waals surface area contributed by atoms with Gasteiger partial charge in [0.05, 0.1) is 23.5 Å². The van der Waals surface area contributed by atoms with Gasteiger partial charge >= 0.3 is 6.03 Å². The van der Waals surface area contributed by atoms with Crippen LogP contribution in [0.2, 0.25) is 0 Å². The fourth-order valence-corrected chi connectivity index (χ4v) is 1.93. The molecule has 2 atom stereocenters. The number of aliphatic hydroxyl groups excluding tert-OH is 1. The summed E-state index contributed by atoms with van der Waals surface area (Å²) < 4.78 is 27.2. The minimum atomic E-state index is -1.51. The van der Waals surface area contributed by atoms with Gasteiger partial charge in [-0.2, -0.15) is 0 Å². The number of hydrogen-bond donors (Lipinski definition) is 3. The van der Waals surface area contributed by atoms with Gasteiger partial charge in [0.25, 0.3) is 0 Å². The number of hydrogen-bond acceptors (Lipinski definition) is 3. The molecule has 1 heterocycles. The average molecular weight is 307 g/mol. The SMILES string of the molecule is C[C@H](NC(=O)Nc1cccnc1)[C@H](O)c1c(F)cccc1F. The maximum atomic E-state index is 13.6. The molecule has 2 aromatic rings. The van der Waals surface area contributed by atoms with Gasteiger partial charge in [0.2, 0.25) is 0 Å². The molecule has 0 unspecified atom stereocenters. The molecular weight excluding hydrogens is 292 g/mol. The van der Waals surface area contributed by atoms with Crippen LogP contribution in [0.15, 0.2) is 42.7 Å². The number of pyridine rings is 1. The van der Waals surface area contributed by atoms with Crippen molar-refractivity contribution in [2.75, 3.05) is 5.32 Å². The molecule has 2 rings (SSSR count). The molecule has 22 heavy (non-hydrogen) atoms. The summed E-state index contributed by atoms with van der Waals surface area (Å²) in [7, 11) is 0. The van der Waals surface area contributed by atoms with E-state index < -0.39 is 35.4 Å². The first kappa shape index (κ1) is 15.8. The summed E-state index contributed by atoms with van der Waals surface area (Å²) in [6, 6.07) is 5.05. The Morgan fingerprint density at radius 1 is 1.23 bits per heavy atom. The van der Waals surface area contributed by atoms with Crippen molar-refractivity contribution in [3.63, 3.8) is 0 Å². The van der Waals surface area contributed by atoms with Gasteiger partial charge < -0.3 is 15.7 Å². The fraction of sp³-hybridized carbons (Fsp3) is 0.200. The number of nitrogens with zero attached hydrogens (tertiary/aromatic N) is 1. The van der Waals surface area contributed by atoms with E-state index in [-0.39, 0.29) is 0 Å². The molecule has 1 aromatic carbocycles. The van der Waals surface area contributed by atoms with Crippen LogP contribution < -0.4 is 10.6 Å². The summed E-state index contributed by atoms with van der Waals surface area (Å²) >= 11 is 0. The van der Waals surface area contributed by atoms with Gasteiger partial charge in [-0.1, -0.05) is 6.07 Å². The highest BCUT2D eigenvalue weighted by Gasteiger charge is 2.24. The van der Waals surface area contributed by atoms with Crippen molar-refractivity contribution in [1.82, 2.24) is 10.3 Å². The third kappa shape index (κ3) is 3.76. The number of carbonyl (C=O) groups excluding carboxylic acids is 1. The third-order valence-corrected chi connectivity index (χ3v) is 3.05. The molecular formula is C15H15F2N3O2. The van der Waals surface area contributed by atoms with Gasteiger partial charge in [0.1, 0.15) is 17.7 Å². The van der Waals surface area contributed by atoms with Crippen LogP contribution in [0.25, 0.3) is 0 Å². The van der Waals surface area contributed by atoms with E-state index in [0.29, 0.717) is 5.69 Å². The highest BCUT2D eigenvalue weighted by atomic mass is 19.1. The lowest BCUT2D eigenvalue weighted by molar-refractivity contribution is 0.131. The van der Waals surface area contributed by atoms with E-state index in [2.05, 4.69) is 15.6 Å². The summed E-state index contributed by atoms with van der Waals surface area (Å²) in [6.07, 6.45) is 1.48. The van der Waals surface area contributed by atoms with Gasteiger partial charge in [0.15, 0.2) is 0 Å². The number of halogens is 2. The highest BCUT2D eigenvalue weighted by Crippen LogP contribution is 2.23. The van der Waals surface area contributed by atoms with Gasteiger partial charge in [-0.25, -0.2) is 13.6 Å². The Hall–Kier alpha value is -2.54. The van der Waals surface area contributed by atoms with Crippen LogP contribution in [-0.4, -0.2) is 22.2 Å². The molecule has 7 heteroatoms. The van der Waals surface area contributed by atoms with Crippen LogP contribution in [0.4, 0.5) is 19.3 Å². The first-order valence-corrected chi connectivity index (χ1v) is 6.58. The van der Waals surface area contributed by atoms with Gasteiger partial charge in [0, 0.05) is 6.20 Å². The van der Waals surface area contributed by atoms with Crippen molar-refractivity contribution in [1.29, 1.82) is 0 Å². The number of amides is 2. The monoisotopic (exact) mass is 307 g/mol. The first-order valence-electron chi connectivity index (χ1n) is 6.58. The maximum Gasteiger partial charge on any atom is 0.319 e. The Labute approximate surface area is 126 Å². The maximum absolute atomic E-state index is 13.6. The molecule has 0 fully saturated rings. The molecule has 0 aliphatic heterocycles. The van der Waals surface area contributed by atoms with E-state index in [1.807, 2.05) is 0 Å². The number of benzene rings is 1. The van der Waals surface area contributed by atoms with Crippen LogP contribution in [-0.2, 0) is 0 Å². The van der Waals surface area contributed by atoms with Crippen LogP contribution in [0.5, 0.6) is 0 Å². The van der Waals surface area contributed by atoms with Crippen molar-refractivity contribution >= 4 is 11.7 Å². The Balaban J connectivity index is 2.02. The molecule has 0 saturated heterocycles. The molecule has 0 saturated carbocycles. The van der Waals surface area contributed by atoms with Crippen molar-refractivity contribution in [3.05, 3.63) is 59.9 Å². The van der Waals surface area contributed by atoms with Crippen molar-refractivity contribution in [2.24, 2.45) is 0 Å². The fourth-order valence-electron chi connectivity index (χ4n) is 1.93. The lowest BCUT2D eigenvalue weighted by Crippen LogP contribution is -2.40. The largest absolute Gasteiger partial charge is 0.386 e. The Bertz CT molecular complexity index is 632. The molecule has 1 aromatic heterocycles. The normalized spacial score (nSPS) is 13.3. The van der Waals surface area contributed by atoms with E-state index in [9.17, 15) is 18.7 Å².